The van der Waals surface area contributed by atoms with Gasteiger partial charge in [0.2, 0.25) is 0 Å². The van der Waals surface area contributed by atoms with E-state index >= 15 is 0 Å². The predicted molar refractivity (Wildman–Crippen MR) is 60.9 cm³/mol. The zero-order valence-corrected chi connectivity index (χ0v) is 9.20. The molecule has 0 spiro atoms. The molecule has 0 fully saturated rings. The molecule has 0 bridgehead atoms. The summed E-state index contributed by atoms with van der Waals surface area (Å²) in [4.78, 5) is 10.1. The van der Waals surface area contributed by atoms with Gasteiger partial charge in [0.15, 0.2) is 0 Å². The zero-order chi connectivity index (χ0) is 12.4. The first-order valence-electron chi connectivity index (χ1n) is 5.01. The SMILES string of the molecule is Cc1cnn(-c2ccc([N+](=O)[O-])cc2CO)c1. The van der Waals surface area contributed by atoms with Crippen molar-refractivity contribution in [3.05, 3.63) is 51.8 Å². The highest BCUT2D eigenvalue weighted by molar-refractivity contribution is 5.47. The van der Waals surface area contributed by atoms with Crippen LogP contribution in [0.1, 0.15) is 11.1 Å². The van der Waals surface area contributed by atoms with Crippen LogP contribution in [0.5, 0.6) is 0 Å². The lowest BCUT2D eigenvalue weighted by Crippen LogP contribution is -2.01. The number of nitro benzene ring substituents is 1. The molecule has 17 heavy (non-hydrogen) atoms. The Labute approximate surface area is 97.3 Å². The van der Waals surface area contributed by atoms with Gasteiger partial charge in [-0.1, -0.05) is 0 Å². The van der Waals surface area contributed by atoms with E-state index in [2.05, 4.69) is 5.10 Å². The molecule has 0 saturated heterocycles. The van der Waals surface area contributed by atoms with Crippen LogP contribution in [0, 0.1) is 17.0 Å². The largest absolute Gasteiger partial charge is 0.392 e. The lowest BCUT2D eigenvalue weighted by Gasteiger charge is -2.06. The van der Waals surface area contributed by atoms with Gasteiger partial charge in [-0.2, -0.15) is 5.10 Å². The lowest BCUT2D eigenvalue weighted by molar-refractivity contribution is -0.384. The fourth-order valence-corrected chi connectivity index (χ4v) is 1.58. The monoisotopic (exact) mass is 233 g/mol. The van der Waals surface area contributed by atoms with Crippen molar-refractivity contribution in [2.24, 2.45) is 0 Å². The van der Waals surface area contributed by atoms with Crippen LogP contribution >= 0.6 is 0 Å². The molecular weight excluding hydrogens is 222 g/mol. The van der Waals surface area contributed by atoms with Crippen LogP contribution in [0.25, 0.3) is 5.69 Å². The topological polar surface area (TPSA) is 81.2 Å². The standard InChI is InChI=1S/C11H11N3O3/c1-8-5-12-13(6-8)11-3-2-10(14(16)17)4-9(11)7-15/h2-6,15H,7H2,1H3. The summed E-state index contributed by atoms with van der Waals surface area (Å²) in [5.74, 6) is 0. The Kier molecular flexibility index (Phi) is 2.88. The van der Waals surface area contributed by atoms with Gasteiger partial charge in [0.1, 0.15) is 0 Å². The predicted octanol–water partition coefficient (Wildman–Crippen LogP) is 1.58. The van der Waals surface area contributed by atoms with E-state index in [1.54, 1.807) is 23.1 Å². The minimum absolute atomic E-state index is 0.0401. The minimum atomic E-state index is -0.489. The minimum Gasteiger partial charge on any atom is -0.392 e. The molecular formula is C11H11N3O3. The number of aryl methyl sites for hydroxylation is 1. The first-order chi connectivity index (χ1) is 8.11. The van der Waals surface area contributed by atoms with Gasteiger partial charge in [-0.05, 0) is 18.6 Å². The van der Waals surface area contributed by atoms with Crippen LogP contribution in [0.3, 0.4) is 0 Å². The van der Waals surface area contributed by atoms with Crippen LogP contribution in [-0.4, -0.2) is 19.8 Å². The summed E-state index contributed by atoms with van der Waals surface area (Å²) in [5, 5.41) is 24.0. The second-order valence-electron chi connectivity index (χ2n) is 3.69. The summed E-state index contributed by atoms with van der Waals surface area (Å²) in [6.45, 7) is 1.63. The van der Waals surface area contributed by atoms with E-state index < -0.39 is 4.92 Å². The normalized spacial score (nSPS) is 10.5. The molecule has 1 aromatic heterocycles. The maximum absolute atomic E-state index is 10.6. The Morgan fingerprint density at radius 2 is 2.29 bits per heavy atom. The summed E-state index contributed by atoms with van der Waals surface area (Å²) in [6, 6.07) is 4.33. The fraction of sp³-hybridized carbons (Fsp3) is 0.182. The summed E-state index contributed by atoms with van der Waals surface area (Å²) in [5.41, 5.74) is 2.06. The quantitative estimate of drug-likeness (QED) is 0.644. The number of nitrogens with zero attached hydrogens (tertiary/aromatic N) is 3. The average molecular weight is 233 g/mol. The molecule has 1 N–H and O–H groups in total. The number of nitro groups is 1. The molecule has 0 aliphatic rings. The summed E-state index contributed by atoms with van der Waals surface area (Å²) in [7, 11) is 0. The van der Waals surface area contributed by atoms with Crippen LogP contribution in [-0.2, 0) is 6.61 Å². The molecule has 6 nitrogen and oxygen atoms in total. The van der Waals surface area contributed by atoms with Crippen molar-refractivity contribution in [2.75, 3.05) is 0 Å². The van der Waals surface area contributed by atoms with E-state index in [4.69, 9.17) is 0 Å². The number of hydrogen-bond donors (Lipinski definition) is 1. The summed E-state index contributed by atoms with van der Waals surface area (Å²) < 4.78 is 1.59. The molecule has 2 aromatic rings. The van der Waals surface area contributed by atoms with Crippen molar-refractivity contribution in [3.63, 3.8) is 0 Å². The smallest absolute Gasteiger partial charge is 0.269 e. The van der Waals surface area contributed by atoms with E-state index in [0.29, 0.717) is 11.3 Å². The molecule has 6 heteroatoms. The third-order valence-corrected chi connectivity index (χ3v) is 2.40. The van der Waals surface area contributed by atoms with Gasteiger partial charge in [0, 0.05) is 23.9 Å². The van der Waals surface area contributed by atoms with Crippen molar-refractivity contribution < 1.29 is 10.0 Å². The third kappa shape index (κ3) is 2.16. The Hall–Kier alpha value is -2.21. The van der Waals surface area contributed by atoms with E-state index in [-0.39, 0.29) is 12.3 Å². The molecule has 2 rings (SSSR count). The molecule has 0 atom stereocenters. The van der Waals surface area contributed by atoms with Gasteiger partial charge in [-0.25, -0.2) is 4.68 Å². The highest BCUT2D eigenvalue weighted by atomic mass is 16.6. The van der Waals surface area contributed by atoms with Crippen molar-refractivity contribution in [1.82, 2.24) is 9.78 Å². The first kappa shape index (κ1) is 11.3. The van der Waals surface area contributed by atoms with Crippen LogP contribution in [0.15, 0.2) is 30.6 Å². The molecule has 0 radical (unpaired) electrons. The highest BCUT2D eigenvalue weighted by Crippen LogP contribution is 2.21. The molecule has 0 aliphatic carbocycles. The van der Waals surface area contributed by atoms with Gasteiger partial charge in [0.05, 0.1) is 23.4 Å². The van der Waals surface area contributed by atoms with Crippen molar-refractivity contribution in [1.29, 1.82) is 0 Å². The van der Waals surface area contributed by atoms with Crippen LogP contribution < -0.4 is 0 Å². The van der Waals surface area contributed by atoms with Crippen molar-refractivity contribution in [3.8, 4) is 5.69 Å². The van der Waals surface area contributed by atoms with Gasteiger partial charge in [-0.3, -0.25) is 10.1 Å². The van der Waals surface area contributed by atoms with Crippen LogP contribution in [0.4, 0.5) is 5.69 Å². The number of rotatable bonds is 3. The average Bonchev–Trinajstić information content (AvgIpc) is 2.74. The number of benzene rings is 1. The Bertz CT molecular complexity index is 563. The summed E-state index contributed by atoms with van der Waals surface area (Å²) >= 11 is 0. The maximum atomic E-state index is 10.6. The van der Waals surface area contributed by atoms with E-state index in [9.17, 15) is 15.2 Å². The van der Waals surface area contributed by atoms with Gasteiger partial charge in [0.25, 0.3) is 5.69 Å². The van der Waals surface area contributed by atoms with E-state index in [0.717, 1.165) is 5.56 Å². The van der Waals surface area contributed by atoms with Crippen LogP contribution in [0.2, 0.25) is 0 Å². The maximum Gasteiger partial charge on any atom is 0.269 e. The fourth-order valence-electron chi connectivity index (χ4n) is 1.58. The van der Waals surface area contributed by atoms with E-state index in [1.807, 2.05) is 6.92 Å². The van der Waals surface area contributed by atoms with Crippen molar-refractivity contribution in [2.45, 2.75) is 13.5 Å². The second-order valence-corrected chi connectivity index (χ2v) is 3.69. The molecule has 0 amide bonds. The Morgan fingerprint density at radius 3 is 2.82 bits per heavy atom. The number of hydrogen-bond acceptors (Lipinski definition) is 4. The molecule has 0 unspecified atom stereocenters. The lowest BCUT2D eigenvalue weighted by atomic mass is 10.1. The molecule has 0 saturated carbocycles. The molecule has 0 aliphatic heterocycles. The van der Waals surface area contributed by atoms with Gasteiger partial charge < -0.3 is 5.11 Å². The highest BCUT2D eigenvalue weighted by Gasteiger charge is 2.11. The second kappa shape index (κ2) is 4.34. The van der Waals surface area contributed by atoms with Crippen molar-refractivity contribution >= 4 is 5.69 Å². The zero-order valence-electron chi connectivity index (χ0n) is 9.20. The van der Waals surface area contributed by atoms with Gasteiger partial charge >= 0.3 is 0 Å². The molecule has 1 aromatic carbocycles. The Balaban J connectivity index is 2.51. The Morgan fingerprint density at radius 1 is 1.53 bits per heavy atom. The van der Waals surface area contributed by atoms with E-state index in [1.165, 1.54) is 12.1 Å². The number of non-ortho nitro benzene ring substituents is 1. The number of aliphatic hydroxyl groups is 1. The third-order valence-electron chi connectivity index (χ3n) is 2.40. The van der Waals surface area contributed by atoms with Gasteiger partial charge in [-0.15, -0.1) is 0 Å². The number of aromatic nitrogens is 2. The summed E-state index contributed by atoms with van der Waals surface area (Å²) in [6.07, 6.45) is 3.48. The number of aliphatic hydroxyl groups excluding tert-OH is 1. The first-order valence-corrected chi connectivity index (χ1v) is 5.01. The molecule has 88 valence electrons. The molecule has 1 heterocycles.